The molecule has 1 aromatic rings. The van der Waals surface area contributed by atoms with Gasteiger partial charge in [0.25, 0.3) is 0 Å². The molecule has 16 heavy (non-hydrogen) atoms. The van der Waals surface area contributed by atoms with E-state index in [1.165, 1.54) is 20.1 Å². The monoisotopic (exact) mass is 223 g/mol. The molecule has 6 heteroatoms. The number of aldehydes is 1. The predicted molar refractivity (Wildman–Crippen MR) is 55.0 cm³/mol. The van der Waals surface area contributed by atoms with Crippen LogP contribution in [0.5, 0.6) is 5.75 Å². The molecule has 0 bridgehead atoms. The van der Waals surface area contributed by atoms with Crippen LogP contribution in [0.2, 0.25) is 0 Å². The Bertz CT molecular complexity index is 431. The first-order chi connectivity index (χ1) is 7.51. The maximum Gasteiger partial charge on any atom is 0.312 e. The number of nitrogens with zero attached hydrogens (tertiary/aromatic N) is 1. The smallest absolute Gasteiger partial charge is 0.312 e. The average molecular weight is 223 g/mol. The molecule has 0 aliphatic heterocycles. The SMILES string of the molecule is COc1c(C(C)=O)cc(C=O)cc1[N+](=O)[O-]. The van der Waals surface area contributed by atoms with Gasteiger partial charge in [0.2, 0.25) is 5.75 Å². The van der Waals surface area contributed by atoms with Crippen LogP contribution in [0.15, 0.2) is 12.1 Å². The maximum atomic E-state index is 11.2. The number of methoxy groups -OCH3 is 1. The van der Waals surface area contributed by atoms with E-state index in [4.69, 9.17) is 4.74 Å². The van der Waals surface area contributed by atoms with Gasteiger partial charge < -0.3 is 4.74 Å². The summed E-state index contributed by atoms with van der Waals surface area (Å²) in [5.41, 5.74) is -0.297. The standard InChI is InChI=1S/C10H9NO5/c1-6(13)8-3-7(5-12)4-9(11(14)15)10(8)16-2/h3-5H,1-2H3. The van der Waals surface area contributed by atoms with E-state index in [1.807, 2.05) is 0 Å². The molecule has 6 nitrogen and oxygen atoms in total. The summed E-state index contributed by atoms with van der Waals surface area (Å²) in [6.45, 7) is 1.25. The zero-order valence-electron chi connectivity index (χ0n) is 8.72. The van der Waals surface area contributed by atoms with Crippen molar-refractivity contribution in [3.05, 3.63) is 33.4 Å². The lowest BCUT2D eigenvalue weighted by molar-refractivity contribution is -0.385. The number of Topliss-reactive ketones (excluding diaryl/α,β-unsaturated/α-hetero) is 1. The highest BCUT2D eigenvalue weighted by Gasteiger charge is 2.22. The summed E-state index contributed by atoms with van der Waals surface area (Å²) < 4.78 is 4.82. The quantitative estimate of drug-likeness (QED) is 0.335. The minimum Gasteiger partial charge on any atom is -0.490 e. The molecule has 0 saturated heterocycles. The second-order valence-corrected chi connectivity index (χ2v) is 3.05. The first kappa shape index (κ1) is 11.8. The van der Waals surface area contributed by atoms with Gasteiger partial charge in [-0.25, -0.2) is 0 Å². The third-order valence-electron chi connectivity index (χ3n) is 2.01. The van der Waals surface area contributed by atoms with Crippen molar-refractivity contribution in [3.8, 4) is 5.75 Å². The minimum absolute atomic E-state index is 0.0267. The third-order valence-corrected chi connectivity index (χ3v) is 2.01. The van der Waals surface area contributed by atoms with Crippen LogP contribution in [0.4, 0.5) is 5.69 Å². The fraction of sp³-hybridized carbons (Fsp3) is 0.200. The highest BCUT2D eigenvalue weighted by molar-refractivity contribution is 6.00. The topological polar surface area (TPSA) is 86.5 Å². The van der Waals surface area contributed by atoms with E-state index in [2.05, 4.69) is 0 Å². The van der Waals surface area contributed by atoms with Crippen molar-refractivity contribution in [1.82, 2.24) is 0 Å². The first-order valence-corrected chi connectivity index (χ1v) is 4.33. The van der Waals surface area contributed by atoms with Gasteiger partial charge >= 0.3 is 5.69 Å². The van der Waals surface area contributed by atoms with E-state index in [9.17, 15) is 19.7 Å². The van der Waals surface area contributed by atoms with E-state index in [1.54, 1.807) is 0 Å². The van der Waals surface area contributed by atoms with E-state index in [-0.39, 0.29) is 16.9 Å². The van der Waals surface area contributed by atoms with Crippen LogP contribution in [0, 0.1) is 10.1 Å². The number of ether oxygens (including phenoxy) is 1. The summed E-state index contributed by atoms with van der Waals surface area (Å²) >= 11 is 0. The molecular weight excluding hydrogens is 214 g/mol. The number of hydrogen-bond donors (Lipinski definition) is 0. The Morgan fingerprint density at radius 3 is 2.50 bits per heavy atom. The fourth-order valence-electron chi connectivity index (χ4n) is 1.31. The molecule has 1 aromatic carbocycles. The van der Waals surface area contributed by atoms with Crippen molar-refractivity contribution < 1.29 is 19.2 Å². The number of nitro groups is 1. The molecule has 0 aliphatic carbocycles. The molecule has 0 unspecified atom stereocenters. The number of rotatable bonds is 4. The van der Waals surface area contributed by atoms with Crippen molar-refractivity contribution in [2.24, 2.45) is 0 Å². The molecular formula is C10H9NO5. The lowest BCUT2D eigenvalue weighted by atomic mass is 10.1. The van der Waals surface area contributed by atoms with Crippen molar-refractivity contribution in [2.45, 2.75) is 6.92 Å². The lowest BCUT2D eigenvalue weighted by Gasteiger charge is -2.06. The minimum atomic E-state index is -0.696. The van der Waals surface area contributed by atoms with Gasteiger partial charge in [0.05, 0.1) is 17.6 Å². The fourth-order valence-corrected chi connectivity index (χ4v) is 1.31. The molecule has 0 saturated carbocycles. The predicted octanol–water partition coefficient (Wildman–Crippen LogP) is 1.62. The van der Waals surface area contributed by atoms with Crippen LogP contribution in [-0.2, 0) is 0 Å². The van der Waals surface area contributed by atoms with E-state index < -0.39 is 16.4 Å². The summed E-state index contributed by atoms with van der Waals surface area (Å²) in [6.07, 6.45) is 0.443. The van der Waals surface area contributed by atoms with Crippen molar-refractivity contribution in [1.29, 1.82) is 0 Å². The summed E-state index contributed by atoms with van der Waals surface area (Å²) in [5.74, 6) is -0.522. The van der Waals surface area contributed by atoms with Gasteiger partial charge in [-0.05, 0) is 13.0 Å². The molecule has 84 valence electrons. The summed E-state index contributed by atoms with van der Waals surface area (Å²) in [4.78, 5) is 31.9. The van der Waals surface area contributed by atoms with Gasteiger partial charge in [-0.2, -0.15) is 0 Å². The Kier molecular flexibility index (Phi) is 3.34. The first-order valence-electron chi connectivity index (χ1n) is 4.33. The molecule has 0 heterocycles. The van der Waals surface area contributed by atoms with Crippen LogP contribution in [0.1, 0.15) is 27.6 Å². The molecule has 0 spiro atoms. The Labute approximate surface area is 91.0 Å². The normalized spacial score (nSPS) is 9.62. The largest absolute Gasteiger partial charge is 0.490 e. The zero-order chi connectivity index (χ0) is 12.3. The molecule has 0 amide bonds. The van der Waals surface area contributed by atoms with Crippen molar-refractivity contribution in [3.63, 3.8) is 0 Å². The Morgan fingerprint density at radius 2 is 2.12 bits per heavy atom. The van der Waals surface area contributed by atoms with Gasteiger partial charge in [-0.1, -0.05) is 0 Å². The number of hydrogen-bond acceptors (Lipinski definition) is 5. The molecule has 1 rings (SSSR count). The van der Waals surface area contributed by atoms with E-state index >= 15 is 0 Å². The van der Waals surface area contributed by atoms with Gasteiger partial charge in [0.1, 0.15) is 6.29 Å². The second-order valence-electron chi connectivity index (χ2n) is 3.05. The van der Waals surface area contributed by atoms with Gasteiger partial charge in [-0.15, -0.1) is 0 Å². The third kappa shape index (κ3) is 2.05. The van der Waals surface area contributed by atoms with Crippen molar-refractivity contribution >= 4 is 17.8 Å². The van der Waals surface area contributed by atoms with Crippen LogP contribution in [0.25, 0.3) is 0 Å². The van der Waals surface area contributed by atoms with Gasteiger partial charge in [0.15, 0.2) is 5.78 Å². The van der Waals surface area contributed by atoms with Gasteiger partial charge in [0, 0.05) is 11.6 Å². The summed E-state index contributed by atoms with van der Waals surface area (Å²) in [5, 5.41) is 10.7. The zero-order valence-corrected chi connectivity index (χ0v) is 8.72. The molecule has 0 aromatic heterocycles. The summed E-state index contributed by atoms with van der Waals surface area (Å²) in [7, 11) is 1.23. The second kappa shape index (κ2) is 4.52. The molecule has 0 fully saturated rings. The van der Waals surface area contributed by atoms with E-state index in [0.717, 1.165) is 6.07 Å². The van der Waals surface area contributed by atoms with Gasteiger partial charge in [-0.3, -0.25) is 19.7 Å². The van der Waals surface area contributed by atoms with Crippen LogP contribution >= 0.6 is 0 Å². The number of nitro benzene ring substituents is 1. The van der Waals surface area contributed by atoms with Crippen LogP contribution in [-0.4, -0.2) is 24.1 Å². The lowest BCUT2D eigenvalue weighted by Crippen LogP contribution is -2.03. The molecule has 0 atom stereocenters. The molecule has 0 N–H and O–H groups in total. The average Bonchev–Trinajstić information content (AvgIpc) is 2.26. The van der Waals surface area contributed by atoms with E-state index in [0.29, 0.717) is 6.29 Å². The van der Waals surface area contributed by atoms with Crippen molar-refractivity contribution in [2.75, 3.05) is 7.11 Å². The Morgan fingerprint density at radius 1 is 1.50 bits per heavy atom. The molecule has 0 radical (unpaired) electrons. The number of carbonyl (C=O) groups excluding carboxylic acids is 2. The van der Waals surface area contributed by atoms with Crippen LogP contribution in [0.3, 0.4) is 0 Å². The number of ketones is 1. The highest BCUT2D eigenvalue weighted by atomic mass is 16.6. The maximum absolute atomic E-state index is 11.2. The Hall–Kier alpha value is -2.24. The summed E-state index contributed by atoms with van der Waals surface area (Å²) in [6, 6.07) is 2.33. The number of benzene rings is 1. The molecule has 0 aliphatic rings. The highest BCUT2D eigenvalue weighted by Crippen LogP contribution is 2.32. The van der Waals surface area contributed by atoms with Crippen LogP contribution < -0.4 is 4.74 Å². The number of carbonyl (C=O) groups is 2. The Balaban J connectivity index is 3.58.